The monoisotopic (exact) mass is 292 g/mol. The van der Waals surface area contributed by atoms with E-state index in [1.165, 1.54) is 6.92 Å². The Morgan fingerprint density at radius 2 is 2.10 bits per heavy atom. The molecule has 2 aromatic rings. The first-order valence-corrected chi connectivity index (χ1v) is 6.87. The van der Waals surface area contributed by atoms with Gasteiger partial charge in [-0.1, -0.05) is 23.7 Å². The van der Waals surface area contributed by atoms with E-state index in [-0.39, 0.29) is 12.4 Å². The van der Waals surface area contributed by atoms with E-state index in [1.54, 1.807) is 12.1 Å². The highest BCUT2D eigenvalue weighted by Crippen LogP contribution is 2.24. The highest BCUT2D eigenvalue weighted by molar-refractivity contribution is 6.31. The first-order valence-electron chi connectivity index (χ1n) is 6.49. The molecule has 0 saturated carbocycles. The molecule has 0 unspecified atom stereocenters. The molecule has 0 atom stereocenters. The Morgan fingerprint density at radius 3 is 2.75 bits per heavy atom. The largest absolute Gasteiger partial charge is 0.486 e. The number of hydrogen-bond donors (Lipinski definition) is 0. The van der Waals surface area contributed by atoms with Crippen LogP contribution in [-0.4, -0.2) is 15.6 Å². The zero-order chi connectivity index (χ0) is 14.7. The number of nitrogens with zero attached hydrogens (tertiary/aromatic N) is 2. The van der Waals surface area contributed by atoms with Crippen molar-refractivity contribution in [2.45, 2.75) is 33.9 Å². The van der Waals surface area contributed by atoms with Gasteiger partial charge in [-0.05, 0) is 32.9 Å². The van der Waals surface area contributed by atoms with E-state index < -0.39 is 0 Å². The van der Waals surface area contributed by atoms with Crippen LogP contribution >= 0.6 is 11.6 Å². The second kappa shape index (κ2) is 6.09. The van der Waals surface area contributed by atoms with Crippen LogP contribution in [0, 0.1) is 6.92 Å². The van der Waals surface area contributed by atoms with Gasteiger partial charge in [-0.3, -0.25) is 9.48 Å². The summed E-state index contributed by atoms with van der Waals surface area (Å²) in [4.78, 5) is 11.5. The third-order valence-corrected chi connectivity index (χ3v) is 3.58. The van der Waals surface area contributed by atoms with Crippen molar-refractivity contribution >= 4 is 17.4 Å². The Hall–Kier alpha value is -1.81. The fourth-order valence-corrected chi connectivity index (χ4v) is 2.23. The standard InChI is InChI=1S/C15H17ClN2O2/c1-4-18-13(15(16)10(2)17-18)9-20-14-8-6-5-7-12(14)11(3)19/h5-8H,4,9H2,1-3H3. The Balaban J connectivity index is 2.23. The van der Waals surface area contributed by atoms with Gasteiger partial charge in [0.15, 0.2) is 5.78 Å². The van der Waals surface area contributed by atoms with Crippen molar-refractivity contribution in [2.75, 3.05) is 0 Å². The fraction of sp³-hybridized carbons (Fsp3) is 0.333. The smallest absolute Gasteiger partial charge is 0.163 e. The van der Waals surface area contributed by atoms with Crippen LogP contribution in [0.3, 0.4) is 0 Å². The predicted octanol–water partition coefficient (Wildman–Crippen LogP) is 3.65. The lowest BCUT2D eigenvalue weighted by Crippen LogP contribution is -2.08. The predicted molar refractivity (Wildman–Crippen MR) is 78.4 cm³/mol. The average molecular weight is 293 g/mol. The summed E-state index contributed by atoms with van der Waals surface area (Å²) in [5, 5.41) is 4.95. The number of aromatic nitrogens is 2. The topological polar surface area (TPSA) is 44.1 Å². The SMILES string of the molecule is CCn1nc(C)c(Cl)c1COc1ccccc1C(C)=O. The van der Waals surface area contributed by atoms with Gasteiger partial charge in [-0.2, -0.15) is 5.10 Å². The lowest BCUT2D eigenvalue weighted by atomic mass is 10.1. The minimum atomic E-state index is -0.0214. The molecule has 4 nitrogen and oxygen atoms in total. The minimum absolute atomic E-state index is 0.0214. The maximum absolute atomic E-state index is 11.5. The molecule has 0 N–H and O–H groups in total. The zero-order valence-electron chi connectivity index (χ0n) is 11.8. The van der Waals surface area contributed by atoms with Gasteiger partial charge in [0, 0.05) is 6.54 Å². The molecule has 1 aromatic carbocycles. The van der Waals surface area contributed by atoms with E-state index >= 15 is 0 Å². The summed E-state index contributed by atoms with van der Waals surface area (Å²) in [6.07, 6.45) is 0. The molecule has 0 saturated heterocycles. The zero-order valence-corrected chi connectivity index (χ0v) is 12.6. The molecule has 1 aromatic heterocycles. The first kappa shape index (κ1) is 14.6. The molecule has 1 heterocycles. The maximum atomic E-state index is 11.5. The van der Waals surface area contributed by atoms with Crippen LogP contribution in [0.4, 0.5) is 0 Å². The van der Waals surface area contributed by atoms with Crippen LogP contribution in [0.25, 0.3) is 0 Å². The van der Waals surface area contributed by atoms with Gasteiger partial charge in [-0.25, -0.2) is 0 Å². The van der Waals surface area contributed by atoms with Crippen molar-refractivity contribution < 1.29 is 9.53 Å². The second-order valence-corrected chi connectivity index (χ2v) is 4.88. The van der Waals surface area contributed by atoms with Crippen molar-refractivity contribution in [3.8, 4) is 5.75 Å². The van der Waals surface area contributed by atoms with Gasteiger partial charge < -0.3 is 4.74 Å². The molecule has 20 heavy (non-hydrogen) atoms. The quantitative estimate of drug-likeness (QED) is 0.790. The Labute approximate surface area is 123 Å². The van der Waals surface area contributed by atoms with Crippen LogP contribution in [0.5, 0.6) is 5.75 Å². The number of carbonyl (C=O) groups excluding carboxylic acids is 1. The second-order valence-electron chi connectivity index (χ2n) is 4.50. The number of Topliss-reactive ketones (excluding diaryl/α,β-unsaturated/α-hetero) is 1. The molecule has 0 aliphatic rings. The number of ketones is 1. The van der Waals surface area contributed by atoms with Gasteiger partial charge >= 0.3 is 0 Å². The number of ether oxygens (including phenoxy) is 1. The van der Waals surface area contributed by atoms with Crippen molar-refractivity contribution in [2.24, 2.45) is 0 Å². The third kappa shape index (κ3) is 2.85. The van der Waals surface area contributed by atoms with E-state index in [4.69, 9.17) is 16.3 Å². The Morgan fingerprint density at radius 1 is 1.40 bits per heavy atom. The molecular weight excluding hydrogens is 276 g/mol. The summed E-state index contributed by atoms with van der Waals surface area (Å²) in [5.41, 5.74) is 2.18. The van der Waals surface area contributed by atoms with Crippen molar-refractivity contribution in [3.63, 3.8) is 0 Å². The fourth-order valence-electron chi connectivity index (χ4n) is 2.04. The van der Waals surface area contributed by atoms with Gasteiger partial charge in [-0.15, -0.1) is 0 Å². The van der Waals surface area contributed by atoms with Crippen LogP contribution in [-0.2, 0) is 13.2 Å². The third-order valence-electron chi connectivity index (χ3n) is 3.08. The molecule has 0 spiro atoms. The molecule has 5 heteroatoms. The number of carbonyl (C=O) groups is 1. The van der Waals surface area contributed by atoms with E-state index in [0.29, 0.717) is 16.3 Å². The highest BCUT2D eigenvalue weighted by atomic mass is 35.5. The molecule has 0 aliphatic heterocycles. The summed E-state index contributed by atoms with van der Waals surface area (Å²) in [5.74, 6) is 0.546. The molecule has 2 rings (SSSR count). The van der Waals surface area contributed by atoms with E-state index in [2.05, 4.69) is 5.10 Å². The van der Waals surface area contributed by atoms with Crippen molar-refractivity contribution in [3.05, 3.63) is 46.2 Å². The van der Waals surface area contributed by atoms with Crippen molar-refractivity contribution in [1.29, 1.82) is 0 Å². The van der Waals surface area contributed by atoms with Gasteiger partial charge in [0.1, 0.15) is 12.4 Å². The number of aryl methyl sites for hydroxylation is 2. The number of benzene rings is 1. The number of para-hydroxylation sites is 1. The Bertz CT molecular complexity index is 635. The molecule has 0 bridgehead atoms. The van der Waals surface area contributed by atoms with E-state index in [1.807, 2.05) is 30.7 Å². The normalized spacial score (nSPS) is 10.6. The summed E-state index contributed by atoms with van der Waals surface area (Å²) in [7, 11) is 0. The van der Waals surface area contributed by atoms with Crippen LogP contribution in [0.1, 0.15) is 35.6 Å². The van der Waals surface area contributed by atoms with Crippen LogP contribution < -0.4 is 4.74 Å². The van der Waals surface area contributed by atoms with E-state index in [0.717, 1.165) is 17.9 Å². The number of rotatable bonds is 5. The molecule has 0 radical (unpaired) electrons. The lowest BCUT2D eigenvalue weighted by Gasteiger charge is -2.11. The van der Waals surface area contributed by atoms with Crippen LogP contribution in [0.15, 0.2) is 24.3 Å². The van der Waals surface area contributed by atoms with E-state index in [9.17, 15) is 4.79 Å². The lowest BCUT2D eigenvalue weighted by molar-refractivity contribution is 0.101. The van der Waals surface area contributed by atoms with Crippen LogP contribution in [0.2, 0.25) is 5.02 Å². The van der Waals surface area contributed by atoms with Gasteiger partial charge in [0.2, 0.25) is 0 Å². The Kier molecular flexibility index (Phi) is 4.45. The summed E-state index contributed by atoms with van der Waals surface area (Å²) in [6.45, 7) is 6.39. The highest BCUT2D eigenvalue weighted by Gasteiger charge is 2.14. The molecule has 106 valence electrons. The molecule has 0 aliphatic carbocycles. The first-order chi connectivity index (χ1) is 9.54. The summed E-state index contributed by atoms with van der Waals surface area (Å²) < 4.78 is 7.57. The number of halogens is 1. The number of hydrogen-bond acceptors (Lipinski definition) is 3. The molecule has 0 amide bonds. The minimum Gasteiger partial charge on any atom is -0.486 e. The average Bonchev–Trinajstić information content (AvgIpc) is 2.72. The molecular formula is C15H17ClN2O2. The molecule has 0 fully saturated rings. The summed E-state index contributed by atoms with van der Waals surface area (Å²) >= 11 is 6.23. The summed E-state index contributed by atoms with van der Waals surface area (Å²) in [6, 6.07) is 7.19. The van der Waals surface area contributed by atoms with Gasteiger partial charge in [0.05, 0.1) is 22.0 Å². The van der Waals surface area contributed by atoms with Gasteiger partial charge in [0.25, 0.3) is 0 Å². The maximum Gasteiger partial charge on any atom is 0.163 e. The van der Waals surface area contributed by atoms with Crippen molar-refractivity contribution in [1.82, 2.24) is 9.78 Å².